The van der Waals surface area contributed by atoms with Crippen molar-refractivity contribution in [1.29, 1.82) is 0 Å². The molecule has 1 saturated heterocycles. The number of rotatable bonds is 5. The van der Waals surface area contributed by atoms with Crippen LogP contribution in [0.4, 0.5) is 0 Å². The first-order valence-corrected chi connectivity index (χ1v) is 10.2. The Bertz CT molecular complexity index is 701. The second-order valence-electron chi connectivity index (χ2n) is 6.30. The summed E-state index contributed by atoms with van der Waals surface area (Å²) in [6.07, 6.45) is 3.01. The van der Waals surface area contributed by atoms with E-state index in [1.54, 1.807) is 4.90 Å². The van der Waals surface area contributed by atoms with Crippen molar-refractivity contribution < 1.29 is 13.2 Å². The number of sulfonamides is 1. The molecule has 0 saturated carbocycles. The van der Waals surface area contributed by atoms with Gasteiger partial charge in [-0.25, -0.2) is 8.42 Å². The zero-order valence-electron chi connectivity index (χ0n) is 13.8. The Hall–Kier alpha value is -0.820. The maximum absolute atomic E-state index is 12.7. The summed E-state index contributed by atoms with van der Waals surface area (Å²) in [5.74, 6) is -0.342. The van der Waals surface area contributed by atoms with Gasteiger partial charge in [0.1, 0.15) is 6.04 Å². The van der Waals surface area contributed by atoms with Crippen molar-refractivity contribution in [1.82, 2.24) is 9.62 Å². The van der Waals surface area contributed by atoms with E-state index in [1.165, 1.54) is 18.2 Å². The van der Waals surface area contributed by atoms with E-state index in [9.17, 15) is 13.2 Å². The van der Waals surface area contributed by atoms with Crippen LogP contribution < -0.4 is 4.72 Å². The van der Waals surface area contributed by atoms with Crippen molar-refractivity contribution in [3.63, 3.8) is 0 Å². The van der Waals surface area contributed by atoms with Crippen molar-refractivity contribution in [3.05, 3.63) is 28.2 Å². The summed E-state index contributed by atoms with van der Waals surface area (Å²) in [6.45, 7) is 5.00. The van der Waals surface area contributed by atoms with Crippen LogP contribution in [-0.2, 0) is 14.8 Å². The Morgan fingerprint density at radius 2 is 1.75 bits per heavy atom. The van der Waals surface area contributed by atoms with Crippen LogP contribution in [0.1, 0.15) is 33.1 Å². The second-order valence-corrected chi connectivity index (χ2v) is 8.83. The third-order valence-electron chi connectivity index (χ3n) is 4.08. The average Bonchev–Trinajstić information content (AvgIpc) is 2.55. The molecule has 5 nitrogen and oxygen atoms in total. The van der Waals surface area contributed by atoms with Gasteiger partial charge in [-0.15, -0.1) is 0 Å². The van der Waals surface area contributed by atoms with E-state index in [-0.39, 0.29) is 26.8 Å². The van der Waals surface area contributed by atoms with E-state index in [0.29, 0.717) is 13.1 Å². The van der Waals surface area contributed by atoms with Gasteiger partial charge in [-0.1, -0.05) is 37.0 Å². The summed E-state index contributed by atoms with van der Waals surface area (Å²) in [5.41, 5.74) is 0. The quantitative estimate of drug-likeness (QED) is 0.835. The Balaban J connectivity index is 2.22. The predicted molar refractivity (Wildman–Crippen MR) is 95.8 cm³/mol. The van der Waals surface area contributed by atoms with Gasteiger partial charge in [0, 0.05) is 13.1 Å². The van der Waals surface area contributed by atoms with Crippen LogP contribution in [0.3, 0.4) is 0 Å². The minimum absolute atomic E-state index is 0.00556. The van der Waals surface area contributed by atoms with Crippen LogP contribution in [-0.4, -0.2) is 38.4 Å². The number of nitrogens with one attached hydrogen (secondary N) is 1. The Morgan fingerprint density at radius 3 is 2.29 bits per heavy atom. The first-order valence-electron chi connectivity index (χ1n) is 7.98. The summed E-state index contributed by atoms with van der Waals surface area (Å²) >= 11 is 11.7. The fourth-order valence-corrected chi connectivity index (χ4v) is 4.39. The van der Waals surface area contributed by atoms with Crippen molar-refractivity contribution in [2.45, 2.75) is 44.0 Å². The summed E-state index contributed by atoms with van der Waals surface area (Å²) < 4.78 is 27.8. The third kappa shape index (κ3) is 4.63. The lowest BCUT2D eigenvalue weighted by Gasteiger charge is -2.32. The van der Waals surface area contributed by atoms with Gasteiger partial charge < -0.3 is 4.90 Å². The molecule has 1 fully saturated rings. The number of likely N-dealkylation sites (tertiary alicyclic amines) is 1. The molecule has 1 atom stereocenters. The molecule has 1 aromatic rings. The molecule has 1 heterocycles. The highest BCUT2D eigenvalue weighted by Gasteiger charge is 2.32. The molecule has 0 aliphatic carbocycles. The molecule has 0 aromatic heterocycles. The van der Waals surface area contributed by atoms with E-state index in [0.717, 1.165) is 19.3 Å². The molecular weight excluding hydrogens is 371 g/mol. The Kier molecular flexibility index (Phi) is 6.53. The van der Waals surface area contributed by atoms with Crippen LogP contribution in [0, 0.1) is 5.92 Å². The number of carbonyl (C=O) groups is 1. The highest BCUT2D eigenvalue weighted by atomic mass is 35.5. The fourth-order valence-electron chi connectivity index (χ4n) is 2.66. The molecule has 1 N–H and O–H groups in total. The van der Waals surface area contributed by atoms with Crippen LogP contribution >= 0.6 is 23.2 Å². The van der Waals surface area contributed by atoms with Gasteiger partial charge >= 0.3 is 0 Å². The molecule has 1 aliphatic heterocycles. The van der Waals surface area contributed by atoms with Gasteiger partial charge in [0.05, 0.1) is 14.9 Å². The highest BCUT2D eigenvalue weighted by molar-refractivity contribution is 7.89. The number of hydrogen-bond donors (Lipinski definition) is 1. The molecule has 8 heteroatoms. The highest BCUT2D eigenvalue weighted by Crippen LogP contribution is 2.25. The lowest BCUT2D eigenvalue weighted by molar-refractivity contribution is -0.134. The van der Waals surface area contributed by atoms with Gasteiger partial charge in [-0.3, -0.25) is 4.79 Å². The van der Waals surface area contributed by atoms with Crippen molar-refractivity contribution in [2.75, 3.05) is 13.1 Å². The zero-order chi connectivity index (χ0) is 17.9. The van der Waals surface area contributed by atoms with E-state index >= 15 is 0 Å². The number of amides is 1. The zero-order valence-corrected chi connectivity index (χ0v) is 16.1. The Morgan fingerprint density at radius 1 is 1.12 bits per heavy atom. The van der Waals surface area contributed by atoms with Crippen molar-refractivity contribution in [2.24, 2.45) is 5.92 Å². The lowest BCUT2D eigenvalue weighted by Crippen LogP contribution is -2.52. The molecule has 0 bridgehead atoms. The minimum atomic E-state index is -3.87. The minimum Gasteiger partial charge on any atom is -0.341 e. The van der Waals surface area contributed by atoms with E-state index in [2.05, 4.69) is 4.72 Å². The van der Waals surface area contributed by atoms with Gasteiger partial charge in [-0.2, -0.15) is 4.72 Å². The van der Waals surface area contributed by atoms with E-state index < -0.39 is 16.1 Å². The number of benzene rings is 1. The lowest BCUT2D eigenvalue weighted by atomic mass is 10.0. The summed E-state index contributed by atoms with van der Waals surface area (Å²) in [6, 6.07) is 3.28. The maximum Gasteiger partial charge on any atom is 0.241 e. The van der Waals surface area contributed by atoms with Crippen LogP contribution in [0.2, 0.25) is 10.0 Å². The third-order valence-corrected chi connectivity index (χ3v) is 6.26. The van der Waals surface area contributed by atoms with Gasteiger partial charge in [0.15, 0.2) is 0 Å². The first-order chi connectivity index (χ1) is 11.2. The molecule has 134 valence electrons. The number of piperidine rings is 1. The topological polar surface area (TPSA) is 66.5 Å². The predicted octanol–water partition coefficient (Wildman–Crippen LogP) is 3.31. The Labute approximate surface area is 153 Å². The summed E-state index contributed by atoms with van der Waals surface area (Å²) in [5, 5.41) is 0.434. The van der Waals surface area contributed by atoms with Crippen LogP contribution in [0.5, 0.6) is 0 Å². The molecule has 1 aliphatic rings. The monoisotopic (exact) mass is 392 g/mol. The van der Waals surface area contributed by atoms with Crippen molar-refractivity contribution in [3.8, 4) is 0 Å². The molecule has 1 amide bonds. The first kappa shape index (κ1) is 19.5. The number of halogens is 2. The standard InChI is InChI=1S/C16H22Cl2N2O3S/c1-11(2)15(16(21)20-8-4-3-5-9-20)19-24(22,23)12-6-7-13(17)14(18)10-12/h6-7,10-11,15,19H,3-5,8-9H2,1-2H3/t15-/m0/s1. The number of nitrogens with zero attached hydrogens (tertiary/aromatic N) is 1. The SMILES string of the molecule is CC(C)[C@H](NS(=O)(=O)c1ccc(Cl)c(Cl)c1)C(=O)N1CCCCC1. The average molecular weight is 393 g/mol. The smallest absolute Gasteiger partial charge is 0.241 e. The molecule has 0 spiro atoms. The molecule has 0 radical (unpaired) electrons. The second kappa shape index (κ2) is 8.04. The normalized spacial score (nSPS) is 17.1. The summed E-state index contributed by atoms with van der Waals surface area (Å²) in [7, 11) is -3.87. The number of carbonyl (C=O) groups excluding carboxylic acids is 1. The molecule has 0 unspecified atom stereocenters. The van der Waals surface area contributed by atoms with Crippen LogP contribution in [0.25, 0.3) is 0 Å². The van der Waals surface area contributed by atoms with E-state index in [4.69, 9.17) is 23.2 Å². The maximum atomic E-state index is 12.7. The molecule has 1 aromatic carbocycles. The summed E-state index contributed by atoms with van der Waals surface area (Å²) in [4.78, 5) is 14.5. The van der Waals surface area contributed by atoms with Gasteiger partial charge in [0.25, 0.3) is 0 Å². The largest absolute Gasteiger partial charge is 0.341 e. The van der Waals surface area contributed by atoms with Gasteiger partial charge in [-0.05, 0) is 43.4 Å². The number of hydrogen-bond acceptors (Lipinski definition) is 3. The van der Waals surface area contributed by atoms with Crippen molar-refractivity contribution >= 4 is 39.1 Å². The van der Waals surface area contributed by atoms with E-state index in [1.807, 2.05) is 13.8 Å². The fraction of sp³-hybridized carbons (Fsp3) is 0.562. The molecule has 24 heavy (non-hydrogen) atoms. The van der Waals surface area contributed by atoms with Crippen LogP contribution in [0.15, 0.2) is 23.1 Å². The van der Waals surface area contributed by atoms with Gasteiger partial charge in [0.2, 0.25) is 15.9 Å². The molecule has 2 rings (SSSR count). The molecular formula is C16H22Cl2N2O3S.